The summed E-state index contributed by atoms with van der Waals surface area (Å²) < 4.78 is 88.8. The zero-order valence-corrected chi connectivity index (χ0v) is 24.0. The Morgan fingerprint density at radius 1 is 0.814 bits per heavy atom. The maximum Gasteiger partial charge on any atom is 0.410 e. The van der Waals surface area contributed by atoms with Crippen LogP contribution in [-0.4, -0.2) is 77.1 Å². The highest BCUT2D eigenvalue weighted by Gasteiger charge is 2.62. The fraction of sp³-hybridized carbons (Fsp3) is 0.375. The summed E-state index contributed by atoms with van der Waals surface area (Å²) in [6.07, 6.45) is -10.9. The zero-order valence-electron chi connectivity index (χ0n) is 24.0. The zero-order chi connectivity index (χ0) is 31.5. The van der Waals surface area contributed by atoms with Crippen molar-refractivity contribution in [3.63, 3.8) is 0 Å². The van der Waals surface area contributed by atoms with Crippen molar-refractivity contribution in [3.05, 3.63) is 107 Å². The molecule has 3 aromatic carbocycles. The highest BCUT2D eigenvalue weighted by atomic mass is 19.4. The Balaban J connectivity index is 1.79. The Hall–Kier alpha value is -3.86. The summed E-state index contributed by atoms with van der Waals surface area (Å²) in [5, 5.41) is 0. The van der Waals surface area contributed by atoms with Crippen molar-refractivity contribution in [1.82, 2.24) is 14.7 Å². The molecule has 0 spiro atoms. The van der Waals surface area contributed by atoms with Crippen molar-refractivity contribution >= 4 is 11.8 Å². The van der Waals surface area contributed by atoms with Crippen molar-refractivity contribution in [2.24, 2.45) is 0 Å². The lowest BCUT2D eigenvalue weighted by molar-refractivity contribution is -0.257. The summed E-state index contributed by atoms with van der Waals surface area (Å²) >= 11 is 0. The largest absolute Gasteiger partial charge is 0.410 e. The molecule has 230 valence electrons. The molecule has 1 saturated heterocycles. The number of carbonyl (C=O) groups excluding carboxylic acids is 2. The average Bonchev–Trinajstić information content (AvgIpc) is 2.94. The maximum atomic E-state index is 15.0. The molecule has 0 aliphatic carbocycles. The lowest BCUT2D eigenvalue weighted by atomic mass is 9.89. The number of piperazine rings is 1. The van der Waals surface area contributed by atoms with E-state index in [4.69, 9.17) is 0 Å². The molecule has 4 rings (SSSR count). The van der Waals surface area contributed by atoms with Gasteiger partial charge in [0, 0.05) is 12.1 Å². The molecule has 3 unspecified atom stereocenters. The van der Waals surface area contributed by atoms with Crippen LogP contribution in [0.1, 0.15) is 32.6 Å². The molecule has 5 nitrogen and oxygen atoms in total. The number of rotatable bonds is 7. The van der Waals surface area contributed by atoms with E-state index in [2.05, 4.69) is 0 Å². The standard InChI is InChI=1S/C32H33F6N3O2/c1-21-14-15-24(16-22(21)2)17-26-29(32(36,37)38)41(28(42)20-39(3)18-23-10-6-4-7-11-23)27(31(33,34)35)19-40(26)30(43)25-12-8-5-9-13-25/h4-16,26-27,29H,17-20H2,1-3H3. The van der Waals surface area contributed by atoms with Crippen molar-refractivity contribution in [1.29, 1.82) is 0 Å². The SMILES string of the molecule is Cc1ccc(CC2C(C(F)(F)F)N(C(=O)CN(C)Cc3ccccc3)C(C(F)(F)F)CN2C(=O)c2ccccc2)cc1C. The van der Waals surface area contributed by atoms with E-state index < -0.39 is 61.8 Å². The second kappa shape index (κ2) is 12.8. The number of likely N-dealkylation sites (N-methyl/N-ethyl adjacent to an activating group) is 1. The van der Waals surface area contributed by atoms with Crippen LogP contribution in [0.25, 0.3) is 0 Å². The first-order valence-electron chi connectivity index (χ1n) is 13.8. The van der Waals surface area contributed by atoms with Gasteiger partial charge in [-0.3, -0.25) is 14.5 Å². The first-order chi connectivity index (χ1) is 20.2. The molecule has 3 atom stereocenters. The first-order valence-corrected chi connectivity index (χ1v) is 13.8. The summed E-state index contributed by atoms with van der Waals surface area (Å²) in [6.45, 7) is 1.92. The van der Waals surface area contributed by atoms with E-state index in [1.807, 2.05) is 6.92 Å². The number of hydrogen-bond donors (Lipinski definition) is 0. The monoisotopic (exact) mass is 605 g/mol. The molecule has 0 saturated carbocycles. The van der Waals surface area contributed by atoms with Crippen LogP contribution in [0.2, 0.25) is 0 Å². The highest BCUT2D eigenvalue weighted by molar-refractivity contribution is 5.95. The van der Waals surface area contributed by atoms with Gasteiger partial charge in [0.25, 0.3) is 5.91 Å². The van der Waals surface area contributed by atoms with Crippen LogP contribution in [0.4, 0.5) is 26.3 Å². The predicted molar refractivity (Wildman–Crippen MR) is 150 cm³/mol. The van der Waals surface area contributed by atoms with Crippen molar-refractivity contribution in [2.45, 2.75) is 57.3 Å². The quantitative estimate of drug-likeness (QED) is 0.302. The molecule has 2 amide bonds. The van der Waals surface area contributed by atoms with Gasteiger partial charge in [0.05, 0.1) is 19.1 Å². The minimum atomic E-state index is -5.28. The minimum Gasteiger partial charge on any atom is -0.330 e. The third-order valence-corrected chi connectivity index (χ3v) is 7.77. The van der Waals surface area contributed by atoms with E-state index in [1.54, 1.807) is 61.5 Å². The summed E-state index contributed by atoms with van der Waals surface area (Å²) in [5.41, 5.74) is 2.77. The molecule has 1 heterocycles. The maximum absolute atomic E-state index is 15.0. The summed E-state index contributed by atoms with van der Waals surface area (Å²) in [5.74, 6) is -2.29. The molecule has 0 N–H and O–H groups in total. The van der Waals surface area contributed by atoms with Gasteiger partial charge in [0.1, 0.15) is 12.1 Å². The molecule has 43 heavy (non-hydrogen) atoms. The molecular weight excluding hydrogens is 572 g/mol. The van der Waals surface area contributed by atoms with Crippen LogP contribution >= 0.6 is 0 Å². The molecule has 1 aliphatic heterocycles. The van der Waals surface area contributed by atoms with Gasteiger partial charge in [0.2, 0.25) is 5.91 Å². The topological polar surface area (TPSA) is 43.9 Å². The van der Waals surface area contributed by atoms with E-state index in [-0.39, 0.29) is 17.0 Å². The van der Waals surface area contributed by atoms with Gasteiger partial charge >= 0.3 is 12.4 Å². The number of nitrogens with zero attached hydrogens (tertiary/aromatic N) is 3. The van der Waals surface area contributed by atoms with Gasteiger partial charge in [-0.2, -0.15) is 26.3 Å². The Bertz CT molecular complexity index is 1410. The van der Waals surface area contributed by atoms with Crippen LogP contribution in [0, 0.1) is 13.8 Å². The Morgan fingerprint density at radius 2 is 1.42 bits per heavy atom. The third-order valence-electron chi connectivity index (χ3n) is 7.77. The van der Waals surface area contributed by atoms with E-state index >= 15 is 13.2 Å². The molecular formula is C32H33F6N3O2. The van der Waals surface area contributed by atoms with E-state index in [0.29, 0.717) is 10.5 Å². The number of aryl methyl sites for hydroxylation is 2. The van der Waals surface area contributed by atoms with Gasteiger partial charge in [0.15, 0.2) is 0 Å². The van der Waals surface area contributed by atoms with Gasteiger partial charge < -0.3 is 9.80 Å². The summed E-state index contributed by atoms with van der Waals surface area (Å²) in [4.78, 5) is 29.1. The Kier molecular flexibility index (Phi) is 9.54. The number of halogens is 6. The molecule has 0 bridgehead atoms. The van der Waals surface area contributed by atoms with Crippen molar-refractivity contribution in [3.8, 4) is 0 Å². The van der Waals surface area contributed by atoms with Crippen molar-refractivity contribution in [2.75, 3.05) is 20.1 Å². The second-order valence-corrected chi connectivity index (χ2v) is 11.0. The van der Waals surface area contributed by atoms with Crippen LogP contribution < -0.4 is 0 Å². The predicted octanol–water partition coefficient (Wildman–Crippen LogP) is 6.19. The molecule has 11 heteroatoms. The smallest absolute Gasteiger partial charge is 0.330 e. The fourth-order valence-corrected chi connectivity index (χ4v) is 5.56. The van der Waals surface area contributed by atoms with Crippen LogP contribution in [0.5, 0.6) is 0 Å². The average molecular weight is 606 g/mol. The van der Waals surface area contributed by atoms with Crippen LogP contribution in [-0.2, 0) is 17.8 Å². The molecule has 0 aromatic heterocycles. The van der Waals surface area contributed by atoms with Crippen molar-refractivity contribution < 1.29 is 35.9 Å². The first kappa shape index (κ1) is 32.1. The Morgan fingerprint density at radius 3 is 1.98 bits per heavy atom. The van der Waals surface area contributed by atoms with Gasteiger partial charge in [-0.15, -0.1) is 0 Å². The normalized spacial score (nSPS) is 19.5. The number of benzene rings is 3. The van der Waals surface area contributed by atoms with Gasteiger partial charge in [-0.05, 0) is 61.7 Å². The van der Waals surface area contributed by atoms with Gasteiger partial charge in [-0.1, -0.05) is 66.7 Å². The minimum absolute atomic E-state index is 0.0446. The second-order valence-electron chi connectivity index (χ2n) is 11.0. The number of hydrogen-bond acceptors (Lipinski definition) is 3. The summed E-state index contributed by atoms with van der Waals surface area (Å²) in [6, 6.07) is 13.4. The molecule has 1 aliphatic rings. The third kappa shape index (κ3) is 7.57. The van der Waals surface area contributed by atoms with E-state index in [1.165, 1.54) is 36.2 Å². The highest BCUT2D eigenvalue weighted by Crippen LogP contribution is 2.41. The van der Waals surface area contributed by atoms with Crippen LogP contribution in [0.15, 0.2) is 78.9 Å². The molecule has 0 radical (unpaired) electrons. The lowest BCUT2D eigenvalue weighted by Crippen LogP contribution is -2.74. The summed E-state index contributed by atoms with van der Waals surface area (Å²) in [7, 11) is 1.46. The van der Waals surface area contributed by atoms with Crippen LogP contribution in [0.3, 0.4) is 0 Å². The molecule has 1 fully saturated rings. The van der Waals surface area contributed by atoms with Gasteiger partial charge in [-0.25, -0.2) is 0 Å². The molecule has 3 aromatic rings. The fourth-order valence-electron chi connectivity index (χ4n) is 5.56. The Labute approximate surface area is 246 Å². The number of alkyl halides is 6. The number of amides is 2. The van der Waals surface area contributed by atoms with E-state index in [0.717, 1.165) is 16.7 Å². The van der Waals surface area contributed by atoms with E-state index in [9.17, 15) is 22.8 Å². The number of carbonyl (C=O) groups is 2. The lowest BCUT2D eigenvalue weighted by Gasteiger charge is -2.52.